The van der Waals surface area contributed by atoms with Crippen LogP contribution in [0.2, 0.25) is 5.02 Å². The van der Waals surface area contributed by atoms with Gasteiger partial charge in [-0.3, -0.25) is 4.72 Å². The van der Waals surface area contributed by atoms with E-state index in [9.17, 15) is 13.2 Å². The van der Waals surface area contributed by atoms with Gasteiger partial charge in [0.1, 0.15) is 10.6 Å². The van der Waals surface area contributed by atoms with Gasteiger partial charge in [0, 0.05) is 0 Å². The van der Waals surface area contributed by atoms with Crippen molar-refractivity contribution in [3.8, 4) is 0 Å². The molecule has 0 bridgehead atoms. The van der Waals surface area contributed by atoms with E-state index in [-0.39, 0.29) is 21.3 Å². The number of hydrogen-bond acceptors (Lipinski definition) is 4. The maximum atomic E-state index is 12.2. The molecule has 2 aromatic rings. The highest BCUT2D eigenvalue weighted by Crippen LogP contribution is 2.24. The second kappa shape index (κ2) is 5.71. The van der Waals surface area contributed by atoms with Crippen LogP contribution in [0.5, 0.6) is 0 Å². The molecule has 8 heteroatoms. The Morgan fingerprint density at radius 3 is 2.52 bits per heavy atom. The van der Waals surface area contributed by atoms with Crippen molar-refractivity contribution in [3.63, 3.8) is 0 Å². The van der Waals surface area contributed by atoms with Gasteiger partial charge in [-0.25, -0.2) is 18.2 Å². The third-order valence-electron chi connectivity index (χ3n) is 2.61. The molecule has 0 saturated heterocycles. The normalized spacial score (nSPS) is 11.1. The molecule has 0 aliphatic rings. The summed E-state index contributed by atoms with van der Waals surface area (Å²) in [4.78, 5) is 14.3. The number of benzene rings is 1. The Hall–Kier alpha value is -2.12. The number of hydrogen-bond donors (Lipinski definition) is 2. The van der Waals surface area contributed by atoms with Crippen LogP contribution in [0.3, 0.4) is 0 Å². The van der Waals surface area contributed by atoms with Crippen molar-refractivity contribution in [1.29, 1.82) is 0 Å². The minimum atomic E-state index is -3.86. The zero-order chi connectivity index (χ0) is 15.6. The molecule has 0 atom stereocenters. The summed E-state index contributed by atoms with van der Waals surface area (Å²) in [6, 6.07) is 7.10. The topological polar surface area (TPSA) is 96.4 Å². The molecule has 21 heavy (non-hydrogen) atoms. The van der Waals surface area contributed by atoms with Crippen molar-refractivity contribution in [2.24, 2.45) is 0 Å². The van der Waals surface area contributed by atoms with Crippen molar-refractivity contribution in [2.75, 3.05) is 4.72 Å². The van der Waals surface area contributed by atoms with E-state index in [0.717, 1.165) is 11.8 Å². The molecule has 2 rings (SSSR count). The molecule has 0 aliphatic heterocycles. The van der Waals surface area contributed by atoms with Gasteiger partial charge in [0.15, 0.2) is 0 Å². The number of aryl methyl sites for hydroxylation is 1. The summed E-state index contributed by atoms with van der Waals surface area (Å²) < 4.78 is 26.7. The van der Waals surface area contributed by atoms with Crippen LogP contribution in [-0.2, 0) is 10.0 Å². The van der Waals surface area contributed by atoms with E-state index in [1.807, 2.05) is 0 Å². The fourth-order valence-electron chi connectivity index (χ4n) is 1.61. The molecule has 0 fully saturated rings. The lowest BCUT2D eigenvalue weighted by atomic mass is 10.2. The minimum absolute atomic E-state index is 0.0583. The fraction of sp³-hybridized carbons (Fsp3) is 0.0769. The van der Waals surface area contributed by atoms with Crippen LogP contribution in [0.4, 0.5) is 5.69 Å². The number of aromatic carboxylic acids is 1. The third-order valence-corrected chi connectivity index (χ3v) is 4.48. The second-order valence-corrected chi connectivity index (χ2v) is 6.33. The largest absolute Gasteiger partial charge is 0.477 e. The Balaban J connectivity index is 2.30. The molecular formula is C13H11ClN2O4S. The molecule has 6 nitrogen and oxygen atoms in total. The third kappa shape index (κ3) is 3.50. The molecule has 1 aromatic heterocycles. The minimum Gasteiger partial charge on any atom is -0.477 e. The lowest BCUT2D eigenvalue weighted by molar-refractivity contribution is 0.0690. The molecule has 110 valence electrons. The molecule has 0 unspecified atom stereocenters. The number of carboxylic acid groups (broad SMARTS) is 1. The lowest BCUT2D eigenvalue weighted by Gasteiger charge is -2.09. The van der Waals surface area contributed by atoms with Crippen LogP contribution in [0.25, 0.3) is 0 Å². The smallest absolute Gasteiger partial charge is 0.354 e. The number of carbonyl (C=O) groups is 1. The average molecular weight is 327 g/mol. The Kier molecular flexibility index (Phi) is 4.15. The predicted molar refractivity (Wildman–Crippen MR) is 78.2 cm³/mol. The van der Waals surface area contributed by atoms with Crippen molar-refractivity contribution in [3.05, 3.63) is 52.8 Å². The van der Waals surface area contributed by atoms with Gasteiger partial charge in [-0.1, -0.05) is 17.7 Å². The van der Waals surface area contributed by atoms with Gasteiger partial charge in [-0.2, -0.15) is 0 Å². The van der Waals surface area contributed by atoms with Gasteiger partial charge in [-0.15, -0.1) is 0 Å². The number of rotatable bonds is 4. The second-order valence-electron chi connectivity index (χ2n) is 4.28. The monoisotopic (exact) mass is 326 g/mol. The van der Waals surface area contributed by atoms with Crippen LogP contribution in [-0.4, -0.2) is 24.5 Å². The number of aromatic nitrogens is 1. The number of carboxylic acids is 1. The highest BCUT2D eigenvalue weighted by atomic mass is 35.5. The van der Waals surface area contributed by atoms with Gasteiger partial charge in [0.05, 0.1) is 16.9 Å². The van der Waals surface area contributed by atoms with Crippen LogP contribution in [0, 0.1) is 6.92 Å². The number of nitrogens with zero attached hydrogens (tertiary/aromatic N) is 1. The average Bonchev–Trinajstić information content (AvgIpc) is 2.38. The molecule has 1 heterocycles. The zero-order valence-corrected chi connectivity index (χ0v) is 12.4. The van der Waals surface area contributed by atoms with E-state index >= 15 is 0 Å². The summed E-state index contributed by atoms with van der Waals surface area (Å²) in [7, 11) is -3.86. The van der Waals surface area contributed by atoms with Gasteiger partial charge >= 0.3 is 5.97 Å². The van der Waals surface area contributed by atoms with Crippen molar-refractivity contribution in [2.45, 2.75) is 11.8 Å². The van der Waals surface area contributed by atoms with Crippen molar-refractivity contribution < 1.29 is 18.3 Å². The highest BCUT2D eigenvalue weighted by Gasteiger charge is 2.18. The Morgan fingerprint density at radius 2 is 2.00 bits per heavy atom. The Labute approximate surface area is 126 Å². The van der Waals surface area contributed by atoms with E-state index < -0.39 is 16.0 Å². The van der Waals surface area contributed by atoms with Gasteiger partial charge in [0.25, 0.3) is 10.0 Å². The SMILES string of the molecule is Cc1ccc(S(=O)(=O)Nc2ccc(C(=O)O)nc2)c(Cl)c1. The van der Waals surface area contributed by atoms with Crippen molar-refractivity contribution in [1.82, 2.24) is 4.98 Å². The highest BCUT2D eigenvalue weighted by molar-refractivity contribution is 7.92. The van der Waals surface area contributed by atoms with E-state index in [0.29, 0.717) is 0 Å². The van der Waals surface area contributed by atoms with Crippen LogP contribution in [0.15, 0.2) is 41.4 Å². The quantitative estimate of drug-likeness (QED) is 0.900. The van der Waals surface area contributed by atoms with Crippen molar-refractivity contribution >= 4 is 33.3 Å². The molecular weight excluding hydrogens is 316 g/mol. The van der Waals surface area contributed by atoms with Gasteiger partial charge in [-0.05, 0) is 36.8 Å². The standard InChI is InChI=1S/C13H11ClN2O4S/c1-8-2-5-12(10(14)6-8)21(19,20)16-9-3-4-11(13(17)18)15-7-9/h2-7,16H,1H3,(H,17,18). The Bertz CT molecular complexity index is 788. The molecule has 0 amide bonds. The van der Waals surface area contributed by atoms with E-state index in [1.54, 1.807) is 19.1 Å². The van der Waals surface area contributed by atoms with Crippen LogP contribution < -0.4 is 4.72 Å². The number of pyridine rings is 1. The number of sulfonamides is 1. The molecule has 0 spiro atoms. The fourth-order valence-corrected chi connectivity index (χ4v) is 3.26. The van der Waals surface area contributed by atoms with Gasteiger partial charge < -0.3 is 5.11 Å². The molecule has 2 N–H and O–H groups in total. The summed E-state index contributed by atoms with van der Waals surface area (Å²) in [5, 5.41) is 8.84. The van der Waals surface area contributed by atoms with E-state index in [1.165, 1.54) is 18.2 Å². The first-order valence-electron chi connectivity index (χ1n) is 5.78. The first-order valence-corrected chi connectivity index (χ1v) is 7.64. The number of anilines is 1. The number of nitrogens with one attached hydrogen (secondary N) is 1. The van der Waals surface area contributed by atoms with Gasteiger partial charge in [0.2, 0.25) is 0 Å². The first-order chi connectivity index (χ1) is 9.79. The summed E-state index contributed by atoms with van der Waals surface area (Å²) >= 11 is 5.93. The lowest BCUT2D eigenvalue weighted by Crippen LogP contribution is -2.14. The summed E-state index contributed by atoms with van der Waals surface area (Å²) in [6.07, 6.45) is 1.13. The molecule has 0 aliphatic carbocycles. The van der Waals surface area contributed by atoms with Crippen LogP contribution >= 0.6 is 11.6 Å². The molecule has 1 aromatic carbocycles. The summed E-state index contributed by atoms with van der Waals surface area (Å²) in [6.45, 7) is 1.80. The van der Waals surface area contributed by atoms with Crippen LogP contribution in [0.1, 0.15) is 16.1 Å². The predicted octanol–water partition coefficient (Wildman–Crippen LogP) is 2.54. The Morgan fingerprint density at radius 1 is 1.29 bits per heavy atom. The summed E-state index contributed by atoms with van der Waals surface area (Å²) in [5.41, 5.74) is 0.814. The zero-order valence-electron chi connectivity index (χ0n) is 10.9. The molecule has 0 saturated carbocycles. The van der Waals surface area contributed by atoms with E-state index in [2.05, 4.69) is 9.71 Å². The van der Waals surface area contributed by atoms with E-state index in [4.69, 9.17) is 16.7 Å². The molecule has 0 radical (unpaired) electrons. The maximum Gasteiger partial charge on any atom is 0.354 e. The first kappa shape index (κ1) is 15.3. The maximum absolute atomic E-state index is 12.2. The summed E-state index contributed by atoms with van der Waals surface area (Å²) in [5.74, 6) is -1.19. The number of halogens is 1.